The first-order valence-corrected chi connectivity index (χ1v) is 12.8. The lowest BCUT2D eigenvalue weighted by atomic mass is 10.0. The van der Waals surface area contributed by atoms with Gasteiger partial charge in [-0.2, -0.15) is 0 Å². The van der Waals surface area contributed by atoms with Gasteiger partial charge in [0.25, 0.3) is 5.91 Å². The van der Waals surface area contributed by atoms with Gasteiger partial charge in [0.05, 0.1) is 6.04 Å². The number of anilines is 1. The van der Waals surface area contributed by atoms with E-state index in [2.05, 4.69) is 36.4 Å². The minimum atomic E-state index is -0.0253. The number of hydrogen-bond acceptors (Lipinski definition) is 5. The molecule has 0 spiro atoms. The third-order valence-corrected chi connectivity index (χ3v) is 6.19. The number of carbonyl (C=O) groups excluding carboxylic acids is 1. The molecule has 188 valence electrons. The summed E-state index contributed by atoms with van der Waals surface area (Å²) < 4.78 is 12.0. The fraction of sp³-hybridized carbons (Fsp3) is 0.333. The number of rotatable bonds is 12. The lowest BCUT2D eigenvalue weighted by Gasteiger charge is -2.24. The first kappa shape index (κ1) is 25.3. The number of aromatic nitrogens is 1. The van der Waals surface area contributed by atoms with Crippen molar-refractivity contribution in [1.82, 2.24) is 10.3 Å². The highest BCUT2D eigenvalue weighted by atomic mass is 16.5. The molecule has 1 atom stereocenters. The quantitative estimate of drug-likeness (QED) is 0.213. The second-order valence-corrected chi connectivity index (χ2v) is 9.36. The Balaban J connectivity index is 1.31. The van der Waals surface area contributed by atoms with Crippen LogP contribution in [0.15, 0.2) is 77.2 Å². The monoisotopic (exact) mass is 485 g/mol. The first-order chi connectivity index (χ1) is 17.5. The van der Waals surface area contributed by atoms with Crippen LogP contribution in [0.4, 0.5) is 5.69 Å². The highest BCUT2D eigenvalue weighted by molar-refractivity contribution is 5.94. The number of amides is 1. The summed E-state index contributed by atoms with van der Waals surface area (Å²) in [4.78, 5) is 16.9. The molecular weight excluding hydrogens is 450 g/mol. The largest absolute Gasteiger partial charge is 0.491 e. The fourth-order valence-electron chi connectivity index (χ4n) is 3.89. The molecular formula is C30H35N3O3. The molecule has 0 aliphatic carbocycles. The maximum Gasteiger partial charge on any atom is 0.251 e. The van der Waals surface area contributed by atoms with E-state index in [0.717, 1.165) is 53.9 Å². The van der Waals surface area contributed by atoms with Gasteiger partial charge >= 0.3 is 0 Å². The molecule has 36 heavy (non-hydrogen) atoms. The zero-order valence-corrected chi connectivity index (χ0v) is 21.3. The summed E-state index contributed by atoms with van der Waals surface area (Å²) in [5.74, 6) is 1.72. The number of unbranched alkanes of at least 4 members (excludes halogenated alkanes) is 2. The minimum Gasteiger partial charge on any atom is -0.491 e. The van der Waals surface area contributed by atoms with Crippen molar-refractivity contribution >= 4 is 22.7 Å². The molecule has 0 radical (unpaired) electrons. The summed E-state index contributed by atoms with van der Waals surface area (Å²) in [7, 11) is 0. The highest BCUT2D eigenvalue weighted by Crippen LogP contribution is 2.26. The molecule has 0 fully saturated rings. The van der Waals surface area contributed by atoms with Crippen molar-refractivity contribution in [3.05, 3.63) is 78.4 Å². The summed E-state index contributed by atoms with van der Waals surface area (Å²) in [5.41, 5.74) is 4.17. The van der Waals surface area contributed by atoms with E-state index in [4.69, 9.17) is 9.15 Å². The maximum absolute atomic E-state index is 12.3. The van der Waals surface area contributed by atoms with E-state index in [1.807, 2.05) is 72.8 Å². The predicted octanol–water partition coefficient (Wildman–Crippen LogP) is 6.93. The Kier molecular flexibility index (Phi) is 8.61. The molecule has 2 N–H and O–H groups in total. The van der Waals surface area contributed by atoms with Crippen LogP contribution in [0.5, 0.6) is 5.75 Å². The maximum atomic E-state index is 12.3. The smallest absolute Gasteiger partial charge is 0.251 e. The topological polar surface area (TPSA) is 76.4 Å². The molecule has 0 saturated heterocycles. The van der Waals surface area contributed by atoms with Gasteiger partial charge in [-0.25, -0.2) is 4.98 Å². The second kappa shape index (κ2) is 12.2. The van der Waals surface area contributed by atoms with Gasteiger partial charge in [-0.05, 0) is 73.0 Å². The standard InChI is InChI=1S/C30H35N3O3/c1-4-5-8-19-31-29(34)22-11-15-24(16-12-22)32-27(21(2)3)20-35-25-17-13-23(14-18-25)30-33-26-9-6-7-10-28(26)36-30/h6-7,9-18,21,27,32H,4-5,8,19-20H2,1-3H3,(H,31,34)/t27-/m0/s1. The van der Waals surface area contributed by atoms with E-state index < -0.39 is 0 Å². The number of fused-ring (bicyclic) bond motifs is 1. The van der Waals surface area contributed by atoms with Crippen LogP contribution < -0.4 is 15.4 Å². The van der Waals surface area contributed by atoms with Crippen LogP contribution in [0.1, 0.15) is 50.4 Å². The number of benzene rings is 3. The van der Waals surface area contributed by atoms with Gasteiger partial charge < -0.3 is 19.8 Å². The van der Waals surface area contributed by atoms with Crippen LogP contribution in [-0.2, 0) is 0 Å². The normalized spacial score (nSPS) is 12.0. The molecule has 0 unspecified atom stereocenters. The van der Waals surface area contributed by atoms with Gasteiger partial charge in [0.15, 0.2) is 5.58 Å². The summed E-state index contributed by atoms with van der Waals surface area (Å²) in [6.45, 7) is 7.71. The van der Waals surface area contributed by atoms with Gasteiger partial charge in [0.2, 0.25) is 5.89 Å². The molecule has 3 aromatic carbocycles. The third kappa shape index (κ3) is 6.66. The van der Waals surface area contributed by atoms with Gasteiger partial charge in [-0.1, -0.05) is 45.7 Å². The van der Waals surface area contributed by atoms with E-state index in [1.54, 1.807) is 0 Å². The van der Waals surface area contributed by atoms with Gasteiger partial charge in [-0.15, -0.1) is 0 Å². The van der Waals surface area contributed by atoms with Crippen LogP contribution in [0.2, 0.25) is 0 Å². The summed E-state index contributed by atoms with van der Waals surface area (Å²) in [6.07, 6.45) is 3.28. The predicted molar refractivity (Wildman–Crippen MR) is 145 cm³/mol. The fourth-order valence-corrected chi connectivity index (χ4v) is 3.89. The van der Waals surface area contributed by atoms with Crippen LogP contribution in [0.3, 0.4) is 0 Å². The van der Waals surface area contributed by atoms with Crippen molar-refractivity contribution in [2.45, 2.75) is 46.1 Å². The Hall–Kier alpha value is -3.80. The first-order valence-electron chi connectivity index (χ1n) is 12.8. The number of nitrogens with one attached hydrogen (secondary N) is 2. The van der Waals surface area contributed by atoms with E-state index in [1.165, 1.54) is 0 Å². The molecule has 1 heterocycles. The van der Waals surface area contributed by atoms with Crippen LogP contribution in [-0.4, -0.2) is 30.1 Å². The third-order valence-electron chi connectivity index (χ3n) is 6.19. The SMILES string of the molecule is CCCCCNC(=O)c1ccc(N[C@@H](COc2ccc(-c3nc4ccccc4o3)cc2)C(C)C)cc1. The van der Waals surface area contributed by atoms with E-state index in [9.17, 15) is 4.79 Å². The van der Waals surface area contributed by atoms with Crippen LogP contribution >= 0.6 is 0 Å². The number of ether oxygens (including phenoxy) is 1. The zero-order chi connectivity index (χ0) is 25.3. The molecule has 1 aromatic heterocycles. The van der Waals surface area contributed by atoms with Crippen molar-refractivity contribution in [1.29, 1.82) is 0 Å². The van der Waals surface area contributed by atoms with Crippen molar-refractivity contribution in [3.8, 4) is 17.2 Å². The summed E-state index contributed by atoms with van der Waals surface area (Å²) >= 11 is 0. The lowest BCUT2D eigenvalue weighted by molar-refractivity contribution is 0.0953. The van der Waals surface area contributed by atoms with E-state index in [-0.39, 0.29) is 11.9 Å². The lowest BCUT2D eigenvalue weighted by Crippen LogP contribution is -2.32. The number of carbonyl (C=O) groups is 1. The Morgan fingerprint density at radius 1 is 0.972 bits per heavy atom. The highest BCUT2D eigenvalue weighted by Gasteiger charge is 2.15. The number of para-hydroxylation sites is 2. The molecule has 0 saturated carbocycles. The second-order valence-electron chi connectivity index (χ2n) is 9.36. The molecule has 1 amide bonds. The van der Waals surface area contributed by atoms with Gasteiger partial charge in [0.1, 0.15) is 17.9 Å². The van der Waals surface area contributed by atoms with Crippen molar-refractivity contribution in [2.24, 2.45) is 5.92 Å². The molecule has 6 heteroatoms. The Morgan fingerprint density at radius 2 is 1.72 bits per heavy atom. The molecule has 4 aromatic rings. The Bertz CT molecular complexity index is 1210. The van der Waals surface area contributed by atoms with Gasteiger partial charge in [-0.3, -0.25) is 4.79 Å². The summed E-state index contributed by atoms with van der Waals surface area (Å²) in [5, 5.41) is 6.53. The summed E-state index contributed by atoms with van der Waals surface area (Å²) in [6, 6.07) is 23.3. The van der Waals surface area contributed by atoms with Gasteiger partial charge in [0, 0.05) is 23.4 Å². The molecule has 0 aliphatic heterocycles. The Morgan fingerprint density at radius 3 is 2.42 bits per heavy atom. The van der Waals surface area contributed by atoms with E-state index in [0.29, 0.717) is 24.0 Å². The molecule has 4 rings (SSSR count). The molecule has 6 nitrogen and oxygen atoms in total. The van der Waals surface area contributed by atoms with E-state index >= 15 is 0 Å². The zero-order valence-electron chi connectivity index (χ0n) is 21.3. The number of oxazole rings is 1. The average molecular weight is 486 g/mol. The van der Waals surface area contributed by atoms with Crippen LogP contribution in [0, 0.1) is 5.92 Å². The minimum absolute atomic E-state index is 0.0253. The van der Waals surface area contributed by atoms with Crippen LogP contribution in [0.25, 0.3) is 22.6 Å². The van der Waals surface area contributed by atoms with Crippen molar-refractivity contribution in [3.63, 3.8) is 0 Å². The molecule has 0 bridgehead atoms. The Labute approximate surface area is 213 Å². The number of hydrogen-bond donors (Lipinski definition) is 2. The van der Waals surface area contributed by atoms with Crippen molar-refractivity contribution in [2.75, 3.05) is 18.5 Å². The van der Waals surface area contributed by atoms with Crippen molar-refractivity contribution < 1.29 is 13.9 Å². The average Bonchev–Trinajstić information content (AvgIpc) is 3.34. The number of nitrogens with zero attached hydrogens (tertiary/aromatic N) is 1. The molecule has 0 aliphatic rings.